The van der Waals surface area contributed by atoms with Crippen molar-refractivity contribution in [1.82, 2.24) is 34.3 Å². The molecule has 0 aromatic heterocycles. The van der Waals surface area contributed by atoms with E-state index in [2.05, 4.69) is 32.1 Å². The van der Waals surface area contributed by atoms with Crippen molar-refractivity contribution in [3.8, 4) is 11.1 Å². The summed E-state index contributed by atoms with van der Waals surface area (Å²) < 4.78 is 116. The largest absolute Gasteiger partial charge is 0.446 e. The van der Waals surface area contributed by atoms with Crippen LogP contribution in [0.3, 0.4) is 0 Å². The Kier molecular flexibility index (Phi) is 23.1. The fourth-order valence-electron chi connectivity index (χ4n) is 14.4. The predicted octanol–water partition coefficient (Wildman–Crippen LogP) is 13.3. The molecule has 7 aromatic rings. The normalized spacial score (nSPS) is 18.0. The number of nitrogens with zero attached hydrogens (tertiary/aromatic N) is 7. The van der Waals surface area contributed by atoms with Gasteiger partial charge in [0.05, 0.1) is 29.5 Å². The van der Waals surface area contributed by atoms with Crippen LogP contribution >= 0.6 is 0 Å². The number of hydrogen-bond donors (Lipinski definition) is 1. The number of nitrogens with one attached hydrogen (secondary N) is 1. The minimum absolute atomic E-state index is 0.0287. The zero-order valence-corrected chi connectivity index (χ0v) is 57.2. The summed E-state index contributed by atoms with van der Waals surface area (Å²) in [6, 6.07) is 47.1. The predicted molar refractivity (Wildman–Crippen MR) is 369 cm³/mol. The SMILES string of the molecule is CN(Cc1ccc(C(=O)N(C)CCCN(C)C(=O)CO[C@H]2Cc3ccccc3C23CCN(CC[C@@]2(c4ccc(F)cc4)CN(C(=O)c4cc(C(F)(F)F)cc(C(F)(F)F)c4)CO2)CC3)cc1)Cc1cccc(C(=O)N(C)CCN2CCC(OC(=O)Nc3ccccc3-c3ccccc3)CC2)c1. The van der Waals surface area contributed by atoms with Crippen LogP contribution in [0.5, 0.6) is 0 Å². The van der Waals surface area contributed by atoms with Crippen LogP contribution in [-0.4, -0.2) is 183 Å². The molecule has 23 heteroatoms. The average molecular weight is 1400 g/mol. The Morgan fingerprint density at radius 1 is 0.614 bits per heavy atom. The maximum Gasteiger partial charge on any atom is 0.416 e. The highest BCUT2D eigenvalue weighted by Crippen LogP contribution is 2.49. The molecule has 101 heavy (non-hydrogen) atoms. The first-order valence-corrected chi connectivity index (χ1v) is 34.2. The number of hydrogen-bond acceptors (Lipinski definition) is 11. The van der Waals surface area contributed by atoms with Gasteiger partial charge in [-0.25, -0.2) is 9.18 Å². The lowest BCUT2D eigenvalue weighted by Crippen LogP contribution is -2.50. The van der Waals surface area contributed by atoms with Crippen molar-refractivity contribution in [2.75, 3.05) is 112 Å². The van der Waals surface area contributed by atoms with Gasteiger partial charge in [-0.2, -0.15) is 26.3 Å². The summed E-state index contributed by atoms with van der Waals surface area (Å²) in [6.07, 6.45) is -7.16. The summed E-state index contributed by atoms with van der Waals surface area (Å²) in [5, 5.41) is 2.94. The molecule has 0 radical (unpaired) electrons. The van der Waals surface area contributed by atoms with E-state index in [0.29, 0.717) is 132 Å². The van der Waals surface area contributed by atoms with Gasteiger partial charge in [-0.15, -0.1) is 0 Å². The molecule has 1 aliphatic carbocycles. The number of carbonyl (C=O) groups excluding carboxylic acids is 5. The van der Waals surface area contributed by atoms with Crippen molar-refractivity contribution >= 4 is 35.4 Å². The minimum Gasteiger partial charge on any atom is -0.446 e. The second kappa shape index (κ2) is 31.9. The van der Waals surface area contributed by atoms with Gasteiger partial charge in [0.1, 0.15) is 30.9 Å². The number of likely N-dealkylation sites (tertiary alicyclic amines) is 2. The molecule has 1 N–H and O–H groups in total. The van der Waals surface area contributed by atoms with Crippen LogP contribution in [-0.2, 0) is 61.9 Å². The second-order valence-electron chi connectivity index (χ2n) is 27.2. The second-order valence-corrected chi connectivity index (χ2v) is 27.2. The number of alkyl halides is 6. The van der Waals surface area contributed by atoms with Gasteiger partial charge in [0.2, 0.25) is 5.91 Å². The van der Waals surface area contributed by atoms with E-state index in [1.54, 1.807) is 28.8 Å². The first-order chi connectivity index (χ1) is 48.3. The van der Waals surface area contributed by atoms with Crippen molar-refractivity contribution in [3.63, 3.8) is 0 Å². The number of carbonyl (C=O) groups is 5. The molecule has 3 aliphatic heterocycles. The number of halogens is 7. The van der Waals surface area contributed by atoms with Crippen molar-refractivity contribution in [2.45, 2.75) is 93.6 Å². The van der Waals surface area contributed by atoms with Crippen molar-refractivity contribution in [1.29, 1.82) is 0 Å². The summed E-state index contributed by atoms with van der Waals surface area (Å²) in [5.74, 6) is -2.02. The number of rotatable bonds is 24. The Balaban J connectivity index is 0.595. The minimum atomic E-state index is -5.15. The molecule has 4 aliphatic rings. The van der Waals surface area contributed by atoms with Crippen LogP contribution in [0.1, 0.15) is 109 Å². The van der Waals surface area contributed by atoms with Gasteiger partial charge >= 0.3 is 18.4 Å². The van der Waals surface area contributed by atoms with Crippen LogP contribution in [0.4, 0.5) is 41.2 Å². The Hall–Kier alpha value is -9.00. The highest BCUT2D eigenvalue weighted by Gasteiger charge is 2.50. The number of benzene rings is 7. The van der Waals surface area contributed by atoms with E-state index in [1.165, 1.54) is 24.3 Å². The quantitative estimate of drug-likeness (QED) is 0.0577. The number of likely N-dealkylation sites (N-methyl/N-ethyl adjacent to an activating group) is 2. The van der Waals surface area contributed by atoms with Crippen LogP contribution in [0.15, 0.2) is 170 Å². The number of para-hydroxylation sites is 1. The van der Waals surface area contributed by atoms with Crippen LogP contribution < -0.4 is 5.32 Å². The first-order valence-electron chi connectivity index (χ1n) is 34.2. The highest BCUT2D eigenvalue weighted by atomic mass is 19.4. The fourth-order valence-corrected chi connectivity index (χ4v) is 14.4. The number of piperidine rings is 2. The maximum absolute atomic E-state index is 14.3. The third kappa shape index (κ3) is 18.0. The van der Waals surface area contributed by atoms with E-state index in [4.69, 9.17) is 14.2 Å². The van der Waals surface area contributed by atoms with Gasteiger partial charge in [0.25, 0.3) is 17.7 Å². The Morgan fingerprint density at radius 3 is 1.94 bits per heavy atom. The lowest BCUT2D eigenvalue weighted by Gasteiger charge is -2.44. The summed E-state index contributed by atoms with van der Waals surface area (Å²) in [4.78, 5) is 80.5. The van der Waals surface area contributed by atoms with Gasteiger partial charge < -0.3 is 43.6 Å². The number of ether oxygens (including phenoxy) is 3. The third-order valence-electron chi connectivity index (χ3n) is 20.2. The molecule has 16 nitrogen and oxygen atoms in total. The lowest BCUT2D eigenvalue weighted by molar-refractivity contribution is -0.143. The van der Waals surface area contributed by atoms with E-state index in [9.17, 15) is 54.7 Å². The van der Waals surface area contributed by atoms with Crippen molar-refractivity contribution in [2.24, 2.45) is 0 Å². The molecular formula is C78H85F7N8O8. The monoisotopic (exact) mass is 1390 g/mol. The van der Waals surface area contributed by atoms with Crippen LogP contribution in [0.25, 0.3) is 11.1 Å². The Bertz CT molecular complexity index is 4000. The summed E-state index contributed by atoms with van der Waals surface area (Å²) >= 11 is 0. The molecule has 1 spiro atoms. The van der Waals surface area contributed by atoms with Crippen molar-refractivity contribution in [3.05, 3.63) is 231 Å². The van der Waals surface area contributed by atoms with Crippen molar-refractivity contribution < 1.29 is 68.9 Å². The summed E-state index contributed by atoms with van der Waals surface area (Å²) in [5.41, 5.74) is 2.86. The van der Waals surface area contributed by atoms with Gasteiger partial charge in [-0.3, -0.25) is 29.4 Å². The zero-order valence-electron chi connectivity index (χ0n) is 57.2. The Morgan fingerprint density at radius 2 is 1.24 bits per heavy atom. The molecule has 3 fully saturated rings. The van der Waals surface area contributed by atoms with Crippen LogP contribution in [0.2, 0.25) is 0 Å². The maximum atomic E-state index is 14.3. The molecule has 5 amide bonds. The molecule has 0 bridgehead atoms. The molecule has 0 saturated carbocycles. The van der Waals surface area contributed by atoms with Gasteiger partial charge in [-0.05, 0) is 159 Å². The molecule has 7 aromatic carbocycles. The number of amides is 5. The average Bonchev–Trinajstić information content (AvgIpc) is 1.60. The third-order valence-corrected chi connectivity index (χ3v) is 20.2. The van der Waals surface area contributed by atoms with Gasteiger partial charge in [0, 0.05) is 108 Å². The summed E-state index contributed by atoms with van der Waals surface area (Å²) in [7, 11) is 7.28. The van der Waals surface area contributed by atoms with Gasteiger partial charge in [-0.1, -0.05) is 109 Å². The molecular weight excluding hydrogens is 1310 g/mol. The zero-order chi connectivity index (χ0) is 71.6. The standard InChI is InChI=1S/C78H85F7N8O8/c1-87(50-55-14-12-18-59(44-55)72(96)90(4)42-43-91-37-30-65(31-38-91)101-74(98)86-68-21-11-9-19-66(68)56-15-6-5-7-16-56)49-54-22-24-57(25-23-54)71(95)89(3)36-13-35-88(2)70(94)51-99-69-47-58-17-8-10-20-67(58)75(69)32-39-92(40-33-75)41-34-76(61-26-28-64(79)29-27-61)52-93(53-100-76)73(97)60-45-62(77(80,81)82)48-63(46-60)78(83,84)85/h5-12,14-29,44-46,48,65,69H,13,30-43,47,49-53H2,1-4H3,(H,86,98)/t69-,76-/m0/s1. The molecule has 3 saturated heterocycles. The van der Waals surface area contributed by atoms with E-state index >= 15 is 0 Å². The van der Waals surface area contributed by atoms with Crippen LogP contribution in [0, 0.1) is 5.82 Å². The number of anilines is 1. The molecule has 2 atom stereocenters. The van der Waals surface area contributed by atoms with Gasteiger partial charge in [0.15, 0.2) is 0 Å². The van der Waals surface area contributed by atoms with E-state index in [0.717, 1.165) is 51.4 Å². The van der Waals surface area contributed by atoms with E-state index < -0.39 is 64.6 Å². The molecule has 0 unspecified atom stereocenters. The lowest BCUT2D eigenvalue weighted by atomic mass is 9.72. The molecule has 3 heterocycles. The van der Waals surface area contributed by atoms with E-state index in [-0.39, 0.29) is 55.6 Å². The first kappa shape index (κ1) is 73.2. The highest BCUT2D eigenvalue weighted by molar-refractivity contribution is 5.96. The smallest absolute Gasteiger partial charge is 0.416 e. The molecule has 534 valence electrons. The van der Waals surface area contributed by atoms with E-state index in [1.807, 2.05) is 129 Å². The topological polar surface area (TPSA) is 148 Å². The number of fused-ring (bicyclic) bond motifs is 2. The fraction of sp³-hybridized carbons (Fsp3) is 0.397. The Labute approximate surface area is 584 Å². The summed E-state index contributed by atoms with van der Waals surface area (Å²) in [6.45, 7) is 5.55. The molecule has 11 rings (SSSR count).